The minimum atomic E-state index is -0.433. The molecular formula is C8H9NO3. The summed E-state index contributed by atoms with van der Waals surface area (Å²) in [4.78, 5) is 25.2. The van der Waals surface area contributed by atoms with Gasteiger partial charge >= 0.3 is 5.97 Å². The molecule has 1 rings (SSSR count). The molecule has 4 nitrogen and oxygen atoms in total. The van der Waals surface area contributed by atoms with Gasteiger partial charge in [-0.3, -0.25) is 4.79 Å². The van der Waals surface area contributed by atoms with Gasteiger partial charge in [-0.25, -0.2) is 9.79 Å². The summed E-state index contributed by atoms with van der Waals surface area (Å²) < 4.78 is 4.71. The maximum absolute atomic E-state index is 11.0. The van der Waals surface area contributed by atoms with Crippen LogP contribution in [0.4, 0.5) is 0 Å². The summed E-state index contributed by atoms with van der Waals surface area (Å²) >= 11 is 0. The van der Waals surface area contributed by atoms with Gasteiger partial charge in [-0.1, -0.05) is 0 Å². The molecule has 0 fully saturated rings. The topological polar surface area (TPSA) is 55.7 Å². The third-order valence-electron chi connectivity index (χ3n) is 1.37. The molecule has 0 bridgehead atoms. The Balaban J connectivity index is 2.63. The van der Waals surface area contributed by atoms with E-state index < -0.39 is 5.97 Å². The van der Waals surface area contributed by atoms with E-state index in [1.807, 2.05) is 0 Å². The number of amides is 1. The zero-order valence-corrected chi connectivity index (χ0v) is 6.74. The Morgan fingerprint density at radius 2 is 2.50 bits per heavy atom. The van der Waals surface area contributed by atoms with Gasteiger partial charge in [-0.2, -0.15) is 0 Å². The van der Waals surface area contributed by atoms with Gasteiger partial charge in [0, 0.05) is 11.8 Å². The molecule has 4 heteroatoms. The molecule has 0 aromatic carbocycles. The van der Waals surface area contributed by atoms with Crippen molar-refractivity contribution in [3.8, 4) is 0 Å². The quantitative estimate of drug-likeness (QED) is 0.562. The van der Waals surface area contributed by atoms with Crippen LogP contribution in [0.2, 0.25) is 0 Å². The lowest BCUT2D eigenvalue weighted by Gasteiger charge is -2.05. The van der Waals surface area contributed by atoms with E-state index in [2.05, 4.69) is 4.99 Å². The molecule has 0 aromatic heterocycles. The summed E-state index contributed by atoms with van der Waals surface area (Å²) in [7, 11) is 0. The van der Waals surface area contributed by atoms with Crippen molar-refractivity contribution in [3.63, 3.8) is 0 Å². The van der Waals surface area contributed by atoms with Crippen LogP contribution in [0, 0.1) is 0 Å². The predicted octanol–water partition coefficient (Wildman–Crippen LogP) is 0.477. The molecule has 0 saturated carbocycles. The Morgan fingerprint density at radius 3 is 3.08 bits per heavy atom. The Labute approximate surface area is 69.9 Å². The number of nitrogens with zero attached hydrogens (tertiary/aromatic N) is 1. The second kappa shape index (κ2) is 3.80. The maximum atomic E-state index is 11.0. The lowest BCUT2D eigenvalue weighted by atomic mass is 10.1. The third kappa shape index (κ3) is 2.02. The molecule has 0 spiro atoms. The zero-order chi connectivity index (χ0) is 8.97. The largest absolute Gasteiger partial charge is 0.463 e. The van der Waals surface area contributed by atoms with Crippen LogP contribution >= 0.6 is 0 Å². The van der Waals surface area contributed by atoms with Gasteiger partial charge in [0.15, 0.2) is 0 Å². The van der Waals surface area contributed by atoms with E-state index in [1.165, 1.54) is 12.3 Å². The Morgan fingerprint density at radius 1 is 1.75 bits per heavy atom. The van der Waals surface area contributed by atoms with Crippen molar-refractivity contribution in [2.24, 2.45) is 4.99 Å². The molecule has 0 radical (unpaired) electrons. The highest BCUT2D eigenvalue weighted by atomic mass is 16.5. The van der Waals surface area contributed by atoms with Crippen molar-refractivity contribution < 1.29 is 14.3 Å². The van der Waals surface area contributed by atoms with Crippen molar-refractivity contribution in [1.29, 1.82) is 0 Å². The minimum Gasteiger partial charge on any atom is -0.463 e. The number of carbonyl (C=O) groups is 2. The number of ether oxygens (including phenoxy) is 1. The van der Waals surface area contributed by atoms with Crippen molar-refractivity contribution in [1.82, 2.24) is 0 Å². The number of esters is 1. The monoisotopic (exact) mass is 167 g/mol. The molecule has 0 atom stereocenters. The van der Waals surface area contributed by atoms with Crippen molar-refractivity contribution >= 4 is 18.1 Å². The first kappa shape index (κ1) is 8.64. The second-order valence-corrected chi connectivity index (χ2v) is 2.26. The number of aliphatic imine (C=N–C) groups is 1. The number of rotatable bonds is 2. The second-order valence-electron chi connectivity index (χ2n) is 2.26. The predicted molar refractivity (Wildman–Crippen MR) is 42.8 cm³/mol. The van der Waals surface area contributed by atoms with E-state index in [0.29, 0.717) is 12.2 Å². The van der Waals surface area contributed by atoms with Gasteiger partial charge in [0.05, 0.1) is 13.0 Å². The normalized spacial score (nSPS) is 15.8. The fourth-order valence-electron chi connectivity index (χ4n) is 0.842. The highest BCUT2D eigenvalue weighted by molar-refractivity contribution is 6.04. The van der Waals surface area contributed by atoms with Crippen molar-refractivity contribution in [2.45, 2.75) is 13.3 Å². The fourth-order valence-corrected chi connectivity index (χ4v) is 0.842. The van der Waals surface area contributed by atoms with E-state index in [9.17, 15) is 9.59 Å². The van der Waals surface area contributed by atoms with E-state index in [1.54, 1.807) is 6.92 Å². The van der Waals surface area contributed by atoms with Gasteiger partial charge in [0.1, 0.15) is 0 Å². The van der Waals surface area contributed by atoms with Crippen molar-refractivity contribution in [3.05, 3.63) is 11.6 Å². The summed E-state index contributed by atoms with van der Waals surface area (Å²) in [6.45, 7) is 2.04. The maximum Gasteiger partial charge on any atom is 0.334 e. The Bertz CT molecular complexity index is 265. The van der Waals surface area contributed by atoms with Crippen LogP contribution in [0.5, 0.6) is 0 Å². The van der Waals surface area contributed by atoms with E-state index in [4.69, 9.17) is 4.74 Å². The first-order valence-corrected chi connectivity index (χ1v) is 3.67. The van der Waals surface area contributed by atoms with E-state index >= 15 is 0 Å². The summed E-state index contributed by atoms with van der Waals surface area (Å²) in [6.07, 6.45) is 2.87. The molecule has 0 aromatic rings. The highest BCUT2D eigenvalue weighted by Gasteiger charge is 2.15. The van der Waals surface area contributed by atoms with Crippen LogP contribution in [0.15, 0.2) is 16.6 Å². The molecule has 12 heavy (non-hydrogen) atoms. The standard InChI is InChI=1S/C8H9NO3/c1-2-12-8(11)6-3-4-9-7(10)5-6/h3-4H,2,5H2,1H3. The average molecular weight is 167 g/mol. The van der Waals surface area contributed by atoms with Crippen LogP contribution in [0.3, 0.4) is 0 Å². The highest BCUT2D eigenvalue weighted by Crippen LogP contribution is 2.08. The first-order valence-electron chi connectivity index (χ1n) is 3.67. The van der Waals surface area contributed by atoms with Crippen LogP contribution in [0.25, 0.3) is 0 Å². The summed E-state index contributed by atoms with van der Waals surface area (Å²) in [5.74, 6) is -0.738. The van der Waals surface area contributed by atoms with Gasteiger partial charge in [-0.05, 0) is 13.0 Å². The molecule has 1 aliphatic rings. The third-order valence-corrected chi connectivity index (χ3v) is 1.37. The number of hydrogen-bond acceptors (Lipinski definition) is 3. The van der Waals surface area contributed by atoms with Gasteiger partial charge < -0.3 is 4.74 Å². The molecule has 0 aliphatic carbocycles. The molecule has 1 aliphatic heterocycles. The first-order chi connectivity index (χ1) is 5.74. The lowest BCUT2D eigenvalue weighted by molar-refractivity contribution is -0.139. The lowest BCUT2D eigenvalue weighted by Crippen LogP contribution is -2.13. The summed E-state index contributed by atoms with van der Waals surface area (Å²) in [6, 6.07) is 0. The average Bonchev–Trinajstić information content (AvgIpc) is 2.05. The SMILES string of the molecule is CCOC(=O)C1=CC=NC(=O)C1. The van der Waals surface area contributed by atoms with Gasteiger partial charge in [0.2, 0.25) is 5.91 Å². The smallest absolute Gasteiger partial charge is 0.334 e. The number of hydrogen-bond donors (Lipinski definition) is 0. The zero-order valence-electron chi connectivity index (χ0n) is 6.74. The molecule has 1 heterocycles. The molecule has 0 unspecified atom stereocenters. The molecule has 0 saturated heterocycles. The summed E-state index contributed by atoms with van der Waals surface area (Å²) in [5, 5.41) is 0. The molecule has 64 valence electrons. The van der Waals surface area contributed by atoms with E-state index in [-0.39, 0.29) is 12.3 Å². The van der Waals surface area contributed by atoms with E-state index in [0.717, 1.165) is 0 Å². The van der Waals surface area contributed by atoms with Gasteiger partial charge in [0.25, 0.3) is 0 Å². The number of allylic oxidation sites excluding steroid dienone is 1. The Hall–Kier alpha value is -1.45. The summed E-state index contributed by atoms with van der Waals surface area (Å²) in [5.41, 5.74) is 0.372. The minimum absolute atomic E-state index is 0.0509. The Kier molecular flexibility index (Phi) is 2.74. The number of dihydropyridines is 1. The van der Waals surface area contributed by atoms with Crippen molar-refractivity contribution in [2.75, 3.05) is 6.61 Å². The van der Waals surface area contributed by atoms with Crippen LogP contribution in [0.1, 0.15) is 13.3 Å². The number of carbonyl (C=O) groups excluding carboxylic acids is 2. The van der Waals surface area contributed by atoms with Crippen LogP contribution < -0.4 is 0 Å². The molecular weight excluding hydrogens is 158 g/mol. The fraction of sp³-hybridized carbons (Fsp3) is 0.375. The van der Waals surface area contributed by atoms with Crippen LogP contribution in [-0.4, -0.2) is 24.7 Å². The van der Waals surface area contributed by atoms with Gasteiger partial charge in [-0.15, -0.1) is 0 Å². The molecule has 1 amide bonds. The molecule has 0 N–H and O–H groups in total. The van der Waals surface area contributed by atoms with Crippen LogP contribution in [-0.2, 0) is 14.3 Å².